The van der Waals surface area contributed by atoms with E-state index in [1.807, 2.05) is 24.5 Å². The van der Waals surface area contributed by atoms with Crippen LogP contribution in [0.4, 0.5) is 0 Å². The third-order valence-corrected chi connectivity index (χ3v) is 5.11. The first-order valence-corrected chi connectivity index (χ1v) is 8.41. The monoisotopic (exact) mass is 412 g/mol. The molecule has 2 aromatic carbocycles. The van der Waals surface area contributed by atoms with E-state index in [0.29, 0.717) is 0 Å². The average molecular weight is 414 g/mol. The summed E-state index contributed by atoms with van der Waals surface area (Å²) in [4.78, 5) is 9.16. The number of aromatic nitrogens is 2. The summed E-state index contributed by atoms with van der Waals surface area (Å²) in [6, 6.07) is 16.4. The SMILES string of the molecule is Brc1ccc(-c2ccc(Br)c3cccnc23)c2ncccc12. The third-order valence-electron chi connectivity index (χ3n) is 3.72. The lowest BCUT2D eigenvalue weighted by Crippen LogP contribution is -1.89. The van der Waals surface area contributed by atoms with Crippen molar-refractivity contribution in [2.75, 3.05) is 0 Å². The standard InChI is InChI=1S/C18H10Br2N2/c19-15-7-5-11(17-13(15)3-1-9-21-17)12-6-8-16(20)14-4-2-10-22-18(12)14/h1-10H. The fraction of sp³-hybridized carbons (Fsp3) is 0. The van der Waals surface area contributed by atoms with Crippen LogP contribution in [0.15, 0.2) is 69.9 Å². The van der Waals surface area contributed by atoms with Gasteiger partial charge >= 0.3 is 0 Å². The molecule has 4 heteroatoms. The van der Waals surface area contributed by atoms with Crippen LogP contribution in [0.1, 0.15) is 0 Å². The molecule has 0 aliphatic carbocycles. The fourth-order valence-corrected chi connectivity index (χ4v) is 3.61. The van der Waals surface area contributed by atoms with Crippen LogP contribution < -0.4 is 0 Å². The molecule has 0 fully saturated rings. The Morgan fingerprint density at radius 3 is 1.50 bits per heavy atom. The molecule has 2 aromatic heterocycles. The van der Waals surface area contributed by atoms with E-state index in [1.165, 1.54) is 0 Å². The van der Waals surface area contributed by atoms with Gasteiger partial charge in [-0.1, -0.05) is 56.1 Å². The van der Waals surface area contributed by atoms with Crippen LogP contribution in [0.25, 0.3) is 32.9 Å². The first-order valence-electron chi connectivity index (χ1n) is 6.82. The molecule has 2 nitrogen and oxygen atoms in total. The van der Waals surface area contributed by atoms with Gasteiger partial charge in [0, 0.05) is 43.2 Å². The van der Waals surface area contributed by atoms with E-state index in [2.05, 4.69) is 78.2 Å². The number of pyridine rings is 2. The molecule has 0 aliphatic heterocycles. The van der Waals surface area contributed by atoms with Gasteiger partial charge in [0.25, 0.3) is 0 Å². The zero-order chi connectivity index (χ0) is 15.1. The Labute approximate surface area is 144 Å². The number of hydrogen-bond donors (Lipinski definition) is 0. The minimum absolute atomic E-state index is 0.978. The lowest BCUT2D eigenvalue weighted by Gasteiger charge is -2.10. The van der Waals surface area contributed by atoms with Crippen molar-refractivity contribution < 1.29 is 0 Å². The third kappa shape index (κ3) is 2.14. The smallest absolute Gasteiger partial charge is 0.0792 e. The largest absolute Gasteiger partial charge is 0.256 e. The molecule has 0 bridgehead atoms. The molecule has 0 N–H and O–H groups in total. The number of rotatable bonds is 1. The molecule has 2 heterocycles. The predicted octanol–water partition coefficient (Wildman–Crippen LogP) is 5.98. The van der Waals surface area contributed by atoms with Crippen molar-refractivity contribution in [1.82, 2.24) is 9.97 Å². The van der Waals surface area contributed by atoms with Gasteiger partial charge in [-0.05, 0) is 24.3 Å². The van der Waals surface area contributed by atoms with Gasteiger partial charge in [0.1, 0.15) is 0 Å². The Morgan fingerprint density at radius 2 is 1.05 bits per heavy atom. The summed E-state index contributed by atoms with van der Waals surface area (Å²) in [5.41, 5.74) is 4.14. The van der Waals surface area contributed by atoms with Gasteiger partial charge < -0.3 is 0 Å². The van der Waals surface area contributed by atoms with E-state index in [1.54, 1.807) is 0 Å². The summed E-state index contributed by atoms with van der Waals surface area (Å²) < 4.78 is 2.10. The minimum atomic E-state index is 0.978. The maximum absolute atomic E-state index is 4.58. The van der Waals surface area contributed by atoms with Crippen LogP contribution in [0, 0.1) is 0 Å². The fourth-order valence-electron chi connectivity index (χ4n) is 2.71. The average Bonchev–Trinajstić information content (AvgIpc) is 2.57. The lowest BCUT2D eigenvalue weighted by molar-refractivity contribution is 1.39. The van der Waals surface area contributed by atoms with Gasteiger partial charge in [0.05, 0.1) is 11.0 Å². The van der Waals surface area contributed by atoms with Crippen molar-refractivity contribution in [2.45, 2.75) is 0 Å². The van der Waals surface area contributed by atoms with E-state index >= 15 is 0 Å². The molecule has 0 atom stereocenters. The number of nitrogens with zero attached hydrogens (tertiary/aromatic N) is 2. The van der Waals surface area contributed by atoms with Crippen LogP contribution in [0.2, 0.25) is 0 Å². The Morgan fingerprint density at radius 1 is 0.591 bits per heavy atom. The van der Waals surface area contributed by atoms with Crippen molar-refractivity contribution in [1.29, 1.82) is 0 Å². The van der Waals surface area contributed by atoms with Crippen molar-refractivity contribution in [3.63, 3.8) is 0 Å². The Balaban J connectivity index is 2.13. The maximum atomic E-state index is 4.58. The molecule has 0 amide bonds. The molecule has 106 valence electrons. The summed E-state index contributed by atoms with van der Waals surface area (Å²) >= 11 is 7.20. The number of halogens is 2. The van der Waals surface area contributed by atoms with Gasteiger partial charge in [-0.3, -0.25) is 9.97 Å². The number of hydrogen-bond acceptors (Lipinski definition) is 2. The van der Waals surface area contributed by atoms with Crippen LogP contribution >= 0.6 is 31.9 Å². The highest BCUT2D eigenvalue weighted by molar-refractivity contribution is 9.11. The van der Waals surface area contributed by atoms with Gasteiger partial charge in [-0.25, -0.2) is 0 Å². The van der Waals surface area contributed by atoms with E-state index < -0.39 is 0 Å². The highest BCUT2D eigenvalue weighted by Gasteiger charge is 2.12. The molecule has 0 saturated heterocycles. The first-order chi connectivity index (χ1) is 10.8. The Kier molecular flexibility index (Phi) is 3.43. The van der Waals surface area contributed by atoms with Crippen LogP contribution in [-0.4, -0.2) is 9.97 Å². The summed E-state index contributed by atoms with van der Waals surface area (Å²) in [7, 11) is 0. The van der Waals surface area contributed by atoms with Crippen LogP contribution in [0.3, 0.4) is 0 Å². The number of fused-ring (bicyclic) bond motifs is 2. The van der Waals surface area contributed by atoms with Crippen molar-refractivity contribution in [2.24, 2.45) is 0 Å². The topological polar surface area (TPSA) is 25.8 Å². The molecule has 0 saturated carbocycles. The quantitative estimate of drug-likeness (QED) is 0.383. The second-order valence-electron chi connectivity index (χ2n) is 4.99. The molecule has 0 aliphatic rings. The molecule has 0 spiro atoms. The predicted molar refractivity (Wildman–Crippen MR) is 97.9 cm³/mol. The van der Waals surface area contributed by atoms with E-state index in [-0.39, 0.29) is 0 Å². The molecular weight excluding hydrogens is 404 g/mol. The van der Waals surface area contributed by atoms with Crippen LogP contribution in [-0.2, 0) is 0 Å². The van der Waals surface area contributed by atoms with Crippen molar-refractivity contribution in [3.05, 3.63) is 69.9 Å². The van der Waals surface area contributed by atoms with Crippen molar-refractivity contribution >= 4 is 53.7 Å². The molecule has 4 rings (SSSR count). The molecule has 4 aromatic rings. The summed E-state index contributed by atoms with van der Waals surface area (Å²) in [6.45, 7) is 0. The Bertz CT molecular complexity index is 929. The van der Waals surface area contributed by atoms with E-state index in [4.69, 9.17) is 0 Å². The van der Waals surface area contributed by atoms with Gasteiger partial charge in [-0.2, -0.15) is 0 Å². The maximum Gasteiger partial charge on any atom is 0.0792 e. The highest BCUT2D eigenvalue weighted by atomic mass is 79.9. The molecule has 0 unspecified atom stereocenters. The molecular formula is C18H10Br2N2. The summed E-state index contributed by atoms with van der Waals surface area (Å²) in [6.07, 6.45) is 3.65. The lowest BCUT2D eigenvalue weighted by atomic mass is 9.99. The minimum Gasteiger partial charge on any atom is -0.256 e. The zero-order valence-corrected chi connectivity index (χ0v) is 14.6. The second-order valence-corrected chi connectivity index (χ2v) is 6.70. The normalized spacial score (nSPS) is 11.2. The van der Waals surface area contributed by atoms with Gasteiger partial charge in [-0.15, -0.1) is 0 Å². The van der Waals surface area contributed by atoms with E-state index in [9.17, 15) is 0 Å². The first kappa shape index (κ1) is 13.9. The van der Waals surface area contributed by atoms with Gasteiger partial charge in [0.2, 0.25) is 0 Å². The number of benzene rings is 2. The van der Waals surface area contributed by atoms with E-state index in [0.717, 1.165) is 41.9 Å². The van der Waals surface area contributed by atoms with Gasteiger partial charge in [0.15, 0.2) is 0 Å². The summed E-state index contributed by atoms with van der Waals surface area (Å²) in [5.74, 6) is 0. The second kappa shape index (κ2) is 5.45. The zero-order valence-electron chi connectivity index (χ0n) is 11.4. The Hall–Kier alpha value is -1.78. The highest BCUT2D eigenvalue weighted by Crippen LogP contribution is 2.36. The summed E-state index contributed by atoms with van der Waals surface area (Å²) in [5, 5.41) is 2.21. The molecule has 22 heavy (non-hydrogen) atoms. The van der Waals surface area contributed by atoms with Crippen LogP contribution in [0.5, 0.6) is 0 Å². The molecule has 0 radical (unpaired) electrons. The van der Waals surface area contributed by atoms with Crippen molar-refractivity contribution in [3.8, 4) is 11.1 Å².